The molecule has 1 aliphatic rings. The summed E-state index contributed by atoms with van der Waals surface area (Å²) < 4.78 is 1.31. The highest BCUT2D eigenvalue weighted by molar-refractivity contribution is 6.31. The fourth-order valence-electron chi connectivity index (χ4n) is 3.00. The number of halogens is 1. The largest absolute Gasteiger partial charge is 0.341 e. The molecule has 1 amide bonds. The molecule has 0 saturated carbocycles. The van der Waals surface area contributed by atoms with Gasteiger partial charge in [-0.25, -0.2) is 4.79 Å². The van der Waals surface area contributed by atoms with E-state index in [4.69, 9.17) is 16.6 Å². The van der Waals surface area contributed by atoms with Gasteiger partial charge in [0.1, 0.15) is 0 Å². The first kappa shape index (κ1) is 15.6. The van der Waals surface area contributed by atoms with Crippen LogP contribution in [0.25, 0.3) is 11.1 Å². The van der Waals surface area contributed by atoms with Gasteiger partial charge in [-0.3, -0.25) is 4.99 Å². The average molecular weight is 351 g/mol. The second kappa shape index (κ2) is 6.18. The van der Waals surface area contributed by atoms with E-state index in [1.54, 1.807) is 13.2 Å². The van der Waals surface area contributed by atoms with Crippen molar-refractivity contribution in [2.45, 2.75) is 6.54 Å². The van der Waals surface area contributed by atoms with Gasteiger partial charge in [-0.2, -0.15) is 9.78 Å². The number of aromatic nitrogens is 2. The zero-order valence-electron chi connectivity index (χ0n) is 13.5. The number of hydrogen-bond donors (Lipinski definition) is 1. The third-order valence-corrected chi connectivity index (χ3v) is 4.41. The molecule has 0 saturated heterocycles. The minimum Gasteiger partial charge on any atom is -0.339 e. The van der Waals surface area contributed by atoms with Gasteiger partial charge in [-0.05, 0) is 17.7 Å². The topological polar surface area (TPSA) is 59.3 Å². The molecule has 0 bridgehead atoms. The van der Waals surface area contributed by atoms with E-state index in [2.05, 4.69) is 10.4 Å². The fourth-order valence-corrected chi connectivity index (χ4v) is 3.17. The SMILES string of the molecule is CNC(=O)n1cc2c(n1)CN=C(c1ccccc1)c1cc(Cl)ccc1-2. The lowest BCUT2D eigenvalue weighted by atomic mass is 9.94. The molecule has 4 rings (SSSR count). The smallest absolute Gasteiger partial charge is 0.339 e. The Morgan fingerprint density at radius 1 is 1.12 bits per heavy atom. The molecular weight excluding hydrogens is 336 g/mol. The molecule has 1 aromatic heterocycles. The highest BCUT2D eigenvalue weighted by atomic mass is 35.5. The molecule has 3 aromatic rings. The van der Waals surface area contributed by atoms with Crippen molar-refractivity contribution in [2.24, 2.45) is 4.99 Å². The number of rotatable bonds is 1. The van der Waals surface area contributed by atoms with Crippen molar-refractivity contribution < 1.29 is 4.79 Å². The molecule has 0 atom stereocenters. The van der Waals surface area contributed by atoms with E-state index in [1.165, 1.54) is 4.68 Å². The predicted molar refractivity (Wildman–Crippen MR) is 98.3 cm³/mol. The summed E-state index contributed by atoms with van der Waals surface area (Å²) in [5.74, 6) is 0. The van der Waals surface area contributed by atoms with Crippen molar-refractivity contribution in [3.63, 3.8) is 0 Å². The van der Waals surface area contributed by atoms with Crippen LogP contribution >= 0.6 is 11.6 Å². The van der Waals surface area contributed by atoms with E-state index in [1.807, 2.05) is 48.5 Å². The van der Waals surface area contributed by atoms with Crippen molar-refractivity contribution in [1.82, 2.24) is 15.1 Å². The molecule has 5 nitrogen and oxygen atoms in total. The number of nitrogens with zero attached hydrogens (tertiary/aromatic N) is 3. The monoisotopic (exact) mass is 350 g/mol. The second-order valence-corrected chi connectivity index (χ2v) is 6.15. The van der Waals surface area contributed by atoms with Crippen LogP contribution in [-0.4, -0.2) is 28.6 Å². The number of amides is 1. The lowest BCUT2D eigenvalue weighted by molar-refractivity contribution is 0.241. The van der Waals surface area contributed by atoms with Gasteiger partial charge >= 0.3 is 6.03 Å². The van der Waals surface area contributed by atoms with E-state index >= 15 is 0 Å². The van der Waals surface area contributed by atoms with E-state index in [9.17, 15) is 4.79 Å². The number of carbonyl (C=O) groups is 1. The predicted octanol–water partition coefficient (Wildman–Crippen LogP) is 3.74. The third-order valence-electron chi connectivity index (χ3n) is 4.17. The van der Waals surface area contributed by atoms with Crippen LogP contribution < -0.4 is 5.32 Å². The zero-order chi connectivity index (χ0) is 17.4. The number of aliphatic imine (C=N–C) groups is 1. The number of nitrogens with one attached hydrogen (secondary N) is 1. The van der Waals surface area contributed by atoms with Crippen LogP contribution in [-0.2, 0) is 6.54 Å². The Kier molecular flexibility index (Phi) is 3.86. The highest BCUT2D eigenvalue weighted by Crippen LogP contribution is 2.33. The zero-order valence-corrected chi connectivity index (χ0v) is 14.3. The standard InChI is InChI=1S/C19H15ClN4O/c1-21-19(25)24-11-16-14-8-7-13(20)9-15(14)18(22-10-17(16)23-24)12-5-3-2-4-6-12/h2-9,11H,10H2,1H3,(H,21,25). The molecule has 124 valence electrons. The van der Waals surface area contributed by atoms with Crippen molar-refractivity contribution >= 4 is 23.3 Å². The van der Waals surface area contributed by atoms with Gasteiger partial charge in [0.2, 0.25) is 0 Å². The molecule has 0 spiro atoms. The van der Waals surface area contributed by atoms with Crippen LogP contribution in [0.2, 0.25) is 5.02 Å². The average Bonchev–Trinajstić information content (AvgIpc) is 3.00. The van der Waals surface area contributed by atoms with Crippen molar-refractivity contribution in [3.8, 4) is 11.1 Å². The lowest BCUT2D eigenvalue weighted by Crippen LogP contribution is -2.24. The molecule has 1 aliphatic heterocycles. The summed E-state index contributed by atoms with van der Waals surface area (Å²) in [4.78, 5) is 16.7. The number of fused-ring (bicyclic) bond motifs is 3. The molecule has 0 radical (unpaired) electrons. The van der Waals surface area contributed by atoms with Crippen LogP contribution in [0.4, 0.5) is 4.79 Å². The number of hydrogen-bond acceptors (Lipinski definition) is 3. The number of benzene rings is 2. The summed E-state index contributed by atoms with van der Waals surface area (Å²) >= 11 is 6.25. The maximum atomic E-state index is 11.9. The Bertz CT molecular complexity index is 992. The van der Waals surface area contributed by atoms with E-state index in [-0.39, 0.29) is 6.03 Å². The van der Waals surface area contributed by atoms with Gasteiger partial charge in [0.25, 0.3) is 0 Å². The van der Waals surface area contributed by atoms with E-state index < -0.39 is 0 Å². The normalized spacial score (nSPS) is 12.6. The molecule has 0 aliphatic carbocycles. The summed E-state index contributed by atoms with van der Waals surface area (Å²) in [6.07, 6.45) is 1.74. The maximum absolute atomic E-state index is 11.9. The fraction of sp³-hybridized carbons (Fsp3) is 0.105. The van der Waals surface area contributed by atoms with Gasteiger partial charge in [-0.1, -0.05) is 48.0 Å². The summed E-state index contributed by atoms with van der Waals surface area (Å²) in [5.41, 5.74) is 5.46. The van der Waals surface area contributed by atoms with Crippen LogP contribution in [0.5, 0.6) is 0 Å². The third kappa shape index (κ3) is 2.72. The van der Waals surface area contributed by atoms with Gasteiger partial charge in [0, 0.05) is 35.0 Å². The lowest BCUT2D eigenvalue weighted by Gasteiger charge is -2.10. The van der Waals surface area contributed by atoms with Crippen molar-refractivity contribution in [1.29, 1.82) is 0 Å². The minimum absolute atomic E-state index is 0.282. The summed E-state index contributed by atoms with van der Waals surface area (Å²) in [7, 11) is 1.58. The summed E-state index contributed by atoms with van der Waals surface area (Å²) in [6, 6.07) is 15.4. The first-order chi connectivity index (χ1) is 12.2. The second-order valence-electron chi connectivity index (χ2n) is 5.71. The van der Waals surface area contributed by atoms with Crippen LogP contribution in [0.3, 0.4) is 0 Å². The van der Waals surface area contributed by atoms with Gasteiger partial charge in [0.15, 0.2) is 0 Å². The minimum atomic E-state index is -0.282. The summed E-state index contributed by atoms with van der Waals surface area (Å²) in [6.45, 7) is 0.399. The molecule has 25 heavy (non-hydrogen) atoms. The van der Waals surface area contributed by atoms with Gasteiger partial charge in [-0.15, -0.1) is 0 Å². The number of carbonyl (C=O) groups excluding carboxylic acids is 1. The molecule has 0 fully saturated rings. The Labute approximate surface area is 150 Å². The van der Waals surface area contributed by atoms with Crippen LogP contribution in [0, 0.1) is 0 Å². The van der Waals surface area contributed by atoms with Crippen LogP contribution in [0.15, 0.2) is 59.7 Å². The first-order valence-electron chi connectivity index (χ1n) is 7.88. The van der Waals surface area contributed by atoms with Crippen molar-refractivity contribution in [2.75, 3.05) is 7.05 Å². The first-order valence-corrected chi connectivity index (χ1v) is 8.26. The molecule has 2 aromatic carbocycles. The van der Waals surface area contributed by atoms with Gasteiger partial charge in [0.05, 0.1) is 18.0 Å². The maximum Gasteiger partial charge on any atom is 0.341 e. The quantitative estimate of drug-likeness (QED) is 0.726. The Morgan fingerprint density at radius 2 is 1.92 bits per heavy atom. The molecule has 1 N–H and O–H groups in total. The molecule has 0 unspecified atom stereocenters. The molecule has 6 heteroatoms. The summed E-state index contributed by atoms with van der Waals surface area (Å²) in [5, 5.41) is 7.62. The Hall–Kier alpha value is -2.92. The van der Waals surface area contributed by atoms with Gasteiger partial charge < -0.3 is 5.32 Å². The van der Waals surface area contributed by atoms with Crippen molar-refractivity contribution in [3.05, 3.63) is 76.6 Å². The molecule has 2 heterocycles. The van der Waals surface area contributed by atoms with E-state index in [0.717, 1.165) is 33.7 Å². The molecular formula is C19H15ClN4O. The Balaban J connectivity index is 1.93. The highest BCUT2D eigenvalue weighted by Gasteiger charge is 2.22. The van der Waals surface area contributed by atoms with Crippen LogP contribution in [0.1, 0.15) is 16.8 Å². The van der Waals surface area contributed by atoms with E-state index in [0.29, 0.717) is 11.6 Å². The Morgan fingerprint density at radius 3 is 2.68 bits per heavy atom.